The number of hydrogen-bond donors (Lipinski definition) is 1. The van der Waals surface area contributed by atoms with Crippen molar-refractivity contribution in [2.45, 2.75) is 26.5 Å². The minimum Gasteiger partial charge on any atom is -0.380 e. The van der Waals surface area contributed by atoms with Gasteiger partial charge >= 0.3 is 0 Å². The number of benzene rings is 1. The summed E-state index contributed by atoms with van der Waals surface area (Å²) in [7, 11) is 1.72. The Hall–Kier alpha value is -1.32. The smallest absolute Gasteiger partial charge is 0.0713 e. The monoisotopic (exact) mass is 261 g/mol. The molecule has 0 atom stereocenters. The van der Waals surface area contributed by atoms with E-state index in [2.05, 4.69) is 48.6 Å². The Morgan fingerprint density at radius 1 is 1.06 bits per heavy atom. The highest BCUT2D eigenvalue weighted by Gasteiger charge is 1.99. The molecule has 0 bridgehead atoms. The van der Waals surface area contributed by atoms with Crippen LogP contribution >= 0.6 is 11.3 Å². The highest BCUT2D eigenvalue weighted by Crippen LogP contribution is 2.18. The van der Waals surface area contributed by atoms with Crippen LogP contribution in [0.3, 0.4) is 0 Å². The van der Waals surface area contributed by atoms with E-state index in [4.69, 9.17) is 4.74 Å². The van der Waals surface area contributed by atoms with E-state index in [1.54, 1.807) is 7.11 Å². The molecule has 2 aromatic rings. The topological polar surface area (TPSA) is 21.3 Å². The lowest BCUT2D eigenvalue weighted by Gasteiger charge is -2.06. The van der Waals surface area contributed by atoms with Crippen LogP contribution in [0.1, 0.15) is 22.2 Å². The molecule has 0 aliphatic carbocycles. The summed E-state index contributed by atoms with van der Waals surface area (Å²) in [4.78, 5) is 2.83. The molecule has 1 aromatic heterocycles. The quantitative estimate of drug-likeness (QED) is 0.846. The lowest BCUT2D eigenvalue weighted by Crippen LogP contribution is -1.97. The van der Waals surface area contributed by atoms with Gasteiger partial charge in [-0.2, -0.15) is 0 Å². The first-order valence-corrected chi connectivity index (χ1v) is 7.03. The van der Waals surface area contributed by atoms with Gasteiger partial charge in [-0.25, -0.2) is 0 Å². The van der Waals surface area contributed by atoms with Crippen molar-refractivity contribution < 1.29 is 4.74 Å². The highest BCUT2D eigenvalue weighted by atomic mass is 32.1. The number of nitrogens with one attached hydrogen (secondary N) is 1. The van der Waals surface area contributed by atoms with Crippen LogP contribution < -0.4 is 5.32 Å². The van der Waals surface area contributed by atoms with Gasteiger partial charge in [0, 0.05) is 29.1 Å². The normalized spacial score (nSPS) is 10.6. The Labute approximate surface area is 113 Å². The highest BCUT2D eigenvalue weighted by molar-refractivity contribution is 7.12. The fourth-order valence-electron chi connectivity index (χ4n) is 1.78. The van der Waals surface area contributed by atoms with Gasteiger partial charge in [-0.1, -0.05) is 19.1 Å². The van der Waals surface area contributed by atoms with E-state index in [9.17, 15) is 0 Å². The number of aryl methyl sites for hydroxylation is 1. The molecule has 0 aliphatic rings. The Bertz CT molecular complexity index is 475. The van der Waals surface area contributed by atoms with Gasteiger partial charge in [0.05, 0.1) is 6.61 Å². The fourth-order valence-corrected chi connectivity index (χ4v) is 2.68. The number of ether oxygens (including phenoxy) is 1. The Kier molecular flexibility index (Phi) is 4.79. The van der Waals surface area contributed by atoms with Gasteiger partial charge in [0.25, 0.3) is 0 Å². The van der Waals surface area contributed by atoms with E-state index in [-0.39, 0.29) is 0 Å². The molecule has 1 N–H and O–H groups in total. The standard InChI is InChI=1S/C15H19NOS/c1-3-14-8-9-15(18-14)10-16-13-6-4-12(5-7-13)11-17-2/h4-9,16H,3,10-11H2,1-2H3. The molecule has 0 spiro atoms. The molecule has 0 saturated heterocycles. The number of methoxy groups -OCH3 is 1. The van der Waals surface area contributed by atoms with Crippen LogP contribution in [0.4, 0.5) is 5.69 Å². The Morgan fingerprint density at radius 2 is 1.78 bits per heavy atom. The third-order valence-electron chi connectivity index (χ3n) is 2.80. The van der Waals surface area contributed by atoms with Crippen LogP contribution in [0, 0.1) is 0 Å². The molecule has 3 heteroatoms. The van der Waals surface area contributed by atoms with E-state index in [0.717, 1.165) is 18.7 Å². The average Bonchev–Trinajstić information content (AvgIpc) is 2.86. The van der Waals surface area contributed by atoms with Gasteiger partial charge in [-0.15, -0.1) is 11.3 Å². The van der Waals surface area contributed by atoms with Crippen LogP contribution in [0.2, 0.25) is 0 Å². The molecule has 0 amide bonds. The lowest BCUT2D eigenvalue weighted by molar-refractivity contribution is 0.185. The zero-order valence-corrected chi connectivity index (χ0v) is 11.7. The molecule has 2 nitrogen and oxygen atoms in total. The van der Waals surface area contributed by atoms with E-state index in [1.807, 2.05) is 11.3 Å². The first kappa shape index (κ1) is 13.1. The Morgan fingerprint density at radius 3 is 2.39 bits per heavy atom. The van der Waals surface area contributed by atoms with Gasteiger partial charge < -0.3 is 10.1 Å². The molecule has 0 fully saturated rings. The number of hydrogen-bond acceptors (Lipinski definition) is 3. The van der Waals surface area contributed by atoms with Crippen LogP contribution in [0.25, 0.3) is 0 Å². The van der Waals surface area contributed by atoms with Crippen molar-refractivity contribution >= 4 is 17.0 Å². The molecule has 0 radical (unpaired) electrons. The Balaban J connectivity index is 1.89. The van der Waals surface area contributed by atoms with Crippen molar-refractivity contribution in [3.63, 3.8) is 0 Å². The number of anilines is 1. The predicted octanol–water partition coefficient (Wildman–Crippen LogP) is 4.07. The maximum Gasteiger partial charge on any atom is 0.0713 e. The van der Waals surface area contributed by atoms with Crippen LogP contribution in [-0.2, 0) is 24.3 Å². The van der Waals surface area contributed by atoms with Gasteiger partial charge in [0.15, 0.2) is 0 Å². The lowest BCUT2D eigenvalue weighted by atomic mass is 10.2. The van der Waals surface area contributed by atoms with Crippen molar-refractivity contribution in [2.75, 3.05) is 12.4 Å². The predicted molar refractivity (Wildman–Crippen MR) is 78.2 cm³/mol. The zero-order valence-electron chi connectivity index (χ0n) is 10.9. The van der Waals surface area contributed by atoms with E-state index >= 15 is 0 Å². The summed E-state index contributed by atoms with van der Waals surface area (Å²) >= 11 is 1.88. The second-order valence-electron chi connectivity index (χ2n) is 4.21. The third kappa shape index (κ3) is 3.59. The first-order valence-electron chi connectivity index (χ1n) is 6.21. The second-order valence-corrected chi connectivity index (χ2v) is 5.46. The molecule has 0 unspecified atom stereocenters. The minimum atomic E-state index is 0.672. The largest absolute Gasteiger partial charge is 0.380 e. The molecule has 0 aliphatic heterocycles. The summed E-state index contributed by atoms with van der Waals surface area (Å²) in [5.74, 6) is 0. The zero-order chi connectivity index (χ0) is 12.8. The molecule has 18 heavy (non-hydrogen) atoms. The average molecular weight is 261 g/mol. The van der Waals surface area contributed by atoms with Gasteiger partial charge in [0.1, 0.15) is 0 Å². The molecular formula is C15H19NOS. The summed E-state index contributed by atoms with van der Waals surface area (Å²) in [6.07, 6.45) is 1.12. The molecule has 1 heterocycles. The van der Waals surface area contributed by atoms with Crippen molar-refractivity contribution in [2.24, 2.45) is 0 Å². The summed E-state index contributed by atoms with van der Waals surface area (Å²) in [6.45, 7) is 3.76. The number of rotatable bonds is 6. The van der Waals surface area contributed by atoms with E-state index in [0.29, 0.717) is 6.61 Å². The summed E-state index contributed by atoms with van der Waals surface area (Å²) in [6, 6.07) is 12.8. The summed E-state index contributed by atoms with van der Waals surface area (Å²) in [5.41, 5.74) is 2.36. The van der Waals surface area contributed by atoms with E-state index in [1.165, 1.54) is 15.3 Å². The maximum absolute atomic E-state index is 5.09. The number of thiophene rings is 1. The SMILES string of the molecule is CCc1ccc(CNc2ccc(COC)cc2)s1. The maximum atomic E-state index is 5.09. The van der Waals surface area contributed by atoms with Gasteiger partial charge in [-0.05, 0) is 36.2 Å². The fraction of sp³-hybridized carbons (Fsp3) is 0.333. The van der Waals surface area contributed by atoms with Gasteiger partial charge in [-0.3, -0.25) is 0 Å². The molecule has 96 valence electrons. The third-order valence-corrected chi connectivity index (χ3v) is 4.03. The molecule has 0 saturated carbocycles. The van der Waals surface area contributed by atoms with Crippen LogP contribution in [-0.4, -0.2) is 7.11 Å². The second kappa shape index (κ2) is 6.57. The van der Waals surface area contributed by atoms with Crippen molar-refractivity contribution in [3.8, 4) is 0 Å². The van der Waals surface area contributed by atoms with Crippen LogP contribution in [0.15, 0.2) is 36.4 Å². The first-order chi connectivity index (χ1) is 8.81. The summed E-state index contributed by atoms with van der Waals surface area (Å²) < 4.78 is 5.09. The van der Waals surface area contributed by atoms with Gasteiger partial charge in [0.2, 0.25) is 0 Å². The van der Waals surface area contributed by atoms with Crippen LogP contribution in [0.5, 0.6) is 0 Å². The van der Waals surface area contributed by atoms with E-state index < -0.39 is 0 Å². The minimum absolute atomic E-state index is 0.672. The molecule has 1 aromatic carbocycles. The van der Waals surface area contributed by atoms with Crippen molar-refractivity contribution in [1.29, 1.82) is 0 Å². The summed E-state index contributed by atoms with van der Waals surface area (Å²) in [5, 5.41) is 3.44. The molecule has 2 rings (SSSR count). The molecular weight excluding hydrogens is 242 g/mol. The van der Waals surface area contributed by atoms with Crippen molar-refractivity contribution in [3.05, 3.63) is 51.7 Å². The van der Waals surface area contributed by atoms with Crippen molar-refractivity contribution in [1.82, 2.24) is 0 Å².